The van der Waals surface area contributed by atoms with E-state index >= 15 is 0 Å². The SMILES string of the molecule is CC1(C)C=CC(C(C)(C)C)=CC(C(C)(C)C)=C1. The Bertz CT molecular complexity index is 373. The summed E-state index contributed by atoms with van der Waals surface area (Å²) in [5.74, 6) is 0. The molecule has 17 heavy (non-hydrogen) atoms. The second-order valence-corrected chi connectivity index (χ2v) is 7.85. The second-order valence-electron chi connectivity index (χ2n) is 7.85. The first kappa shape index (κ1) is 14.3. The molecule has 0 aromatic carbocycles. The maximum absolute atomic E-state index is 2.40. The van der Waals surface area contributed by atoms with Crippen LogP contribution in [0.5, 0.6) is 0 Å². The topological polar surface area (TPSA) is 0 Å². The van der Waals surface area contributed by atoms with E-state index in [4.69, 9.17) is 0 Å². The molecular formula is C17H28. The first-order chi connectivity index (χ1) is 7.42. The van der Waals surface area contributed by atoms with Gasteiger partial charge in [-0.15, -0.1) is 0 Å². The first-order valence-corrected chi connectivity index (χ1v) is 6.57. The average Bonchev–Trinajstić information content (AvgIpc) is 2.20. The first-order valence-electron chi connectivity index (χ1n) is 6.57. The summed E-state index contributed by atoms with van der Waals surface area (Å²) in [4.78, 5) is 0. The largest absolute Gasteiger partial charge is 0.0748 e. The summed E-state index contributed by atoms with van der Waals surface area (Å²) < 4.78 is 0. The van der Waals surface area contributed by atoms with Crippen molar-refractivity contribution in [2.24, 2.45) is 16.2 Å². The van der Waals surface area contributed by atoms with Gasteiger partial charge in [0.1, 0.15) is 0 Å². The highest BCUT2D eigenvalue weighted by molar-refractivity contribution is 5.41. The molecule has 96 valence electrons. The van der Waals surface area contributed by atoms with Crippen LogP contribution in [0.25, 0.3) is 0 Å². The van der Waals surface area contributed by atoms with Gasteiger partial charge in [0, 0.05) is 5.41 Å². The van der Waals surface area contributed by atoms with Crippen LogP contribution in [0.15, 0.2) is 35.5 Å². The monoisotopic (exact) mass is 232 g/mol. The highest BCUT2D eigenvalue weighted by atomic mass is 14.3. The van der Waals surface area contributed by atoms with Crippen LogP contribution >= 0.6 is 0 Å². The molecule has 0 nitrogen and oxygen atoms in total. The summed E-state index contributed by atoms with van der Waals surface area (Å²) in [6.07, 6.45) is 9.41. The standard InChI is InChI=1S/C17H28/c1-15(2,3)13-9-10-17(7,8)12-14(11-13)16(4,5)6/h9-12H,1-8H3. The Labute approximate surface area is 108 Å². The smallest absolute Gasteiger partial charge is 0.00136 e. The third-order valence-electron chi connectivity index (χ3n) is 3.26. The summed E-state index contributed by atoms with van der Waals surface area (Å²) in [6, 6.07) is 0. The number of hydrogen-bond donors (Lipinski definition) is 0. The van der Waals surface area contributed by atoms with Crippen molar-refractivity contribution in [3.8, 4) is 0 Å². The van der Waals surface area contributed by atoms with E-state index in [1.54, 1.807) is 0 Å². The van der Waals surface area contributed by atoms with Gasteiger partial charge in [-0.3, -0.25) is 0 Å². The molecule has 0 heteroatoms. The highest BCUT2D eigenvalue weighted by Gasteiger charge is 2.25. The highest BCUT2D eigenvalue weighted by Crippen LogP contribution is 2.38. The van der Waals surface area contributed by atoms with Crippen molar-refractivity contribution in [2.45, 2.75) is 55.4 Å². The third kappa shape index (κ3) is 3.87. The molecule has 1 aliphatic carbocycles. The lowest BCUT2D eigenvalue weighted by molar-refractivity contribution is 0.493. The Hall–Kier alpha value is -0.780. The van der Waals surface area contributed by atoms with Gasteiger partial charge in [-0.1, -0.05) is 79.7 Å². The molecule has 1 aliphatic rings. The number of allylic oxidation sites excluding steroid dienone is 6. The van der Waals surface area contributed by atoms with E-state index in [-0.39, 0.29) is 16.2 Å². The lowest BCUT2D eigenvalue weighted by atomic mass is 9.79. The zero-order valence-corrected chi connectivity index (χ0v) is 12.8. The lowest BCUT2D eigenvalue weighted by Crippen LogP contribution is -2.13. The molecule has 0 N–H and O–H groups in total. The van der Waals surface area contributed by atoms with Gasteiger partial charge < -0.3 is 0 Å². The fourth-order valence-corrected chi connectivity index (χ4v) is 1.91. The van der Waals surface area contributed by atoms with Crippen LogP contribution < -0.4 is 0 Å². The Kier molecular flexibility index (Phi) is 3.49. The summed E-state index contributed by atoms with van der Waals surface area (Å²) in [7, 11) is 0. The molecule has 0 aromatic heterocycles. The molecule has 0 heterocycles. The van der Waals surface area contributed by atoms with E-state index in [2.05, 4.69) is 79.7 Å². The molecule has 0 spiro atoms. The van der Waals surface area contributed by atoms with Crippen molar-refractivity contribution in [1.29, 1.82) is 0 Å². The van der Waals surface area contributed by atoms with Gasteiger partial charge in [-0.25, -0.2) is 0 Å². The molecule has 0 atom stereocenters. The van der Waals surface area contributed by atoms with Crippen LogP contribution in [-0.4, -0.2) is 0 Å². The Balaban J connectivity index is 3.32. The predicted molar refractivity (Wildman–Crippen MR) is 78.0 cm³/mol. The van der Waals surface area contributed by atoms with E-state index in [0.717, 1.165) is 0 Å². The molecule has 1 rings (SSSR count). The van der Waals surface area contributed by atoms with Crippen LogP contribution in [-0.2, 0) is 0 Å². The lowest BCUT2D eigenvalue weighted by Gasteiger charge is -2.26. The summed E-state index contributed by atoms with van der Waals surface area (Å²) in [5, 5.41) is 0. The Morgan fingerprint density at radius 3 is 1.71 bits per heavy atom. The Morgan fingerprint density at radius 1 is 0.824 bits per heavy atom. The quantitative estimate of drug-likeness (QED) is 0.515. The summed E-state index contributed by atoms with van der Waals surface area (Å²) in [6.45, 7) is 18.2. The second kappa shape index (κ2) is 4.15. The maximum atomic E-state index is 2.40. The molecule has 0 aliphatic heterocycles. The van der Waals surface area contributed by atoms with Crippen molar-refractivity contribution < 1.29 is 0 Å². The van der Waals surface area contributed by atoms with E-state index in [9.17, 15) is 0 Å². The van der Waals surface area contributed by atoms with Crippen molar-refractivity contribution >= 4 is 0 Å². The van der Waals surface area contributed by atoms with Crippen LogP contribution in [0.4, 0.5) is 0 Å². The Morgan fingerprint density at radius 2 is 1.29 bits per heavy atom. The fraction of sp³-hybridized carbons (Fsp3) is 0.647. The van der Waals surface area contributed by atoms with E-state index < -0.39 is 0 Å². The molecule has 0 fully saturated rings. The molecule has 0 saturated carbocycles. The van der Waals surface area contributed by atoms with Gasteiger partial charge in [0.05, 0.1) is 0 Å². The minimum Gasteiger partial charge on any atom is -0.0748 e. The maximum Gasteiger partial charge on any atom is 0.00136 e. The summed E-state index contributed by atoms with van der Waals surface area (Å²) in [5.41, 5.74) is 3.43. The van der Waals surface area contributed by atoms with Gasteiger partial charge in [-0.2, -0.15) is 0 Å². The van der Waals surface area contributed by atoms with Crippen LogP contribution in [0.2, 0.25) is 0 Å². The van der Waals surface area contributed by atoms with Crippen molar-refractivity contribution in [1.82, 2.24) is 0 Å². The van der Waals surface area contributed by atoms with Gasteiger partial charge >= 0.3 is 0 Å². The van der Waals surface area contributed by atoms with Crippen LogP contribution in [0, 0.1) is 16.2 Å². The number of hydrogen-bond acceptors (Lipinski definition) is 0. The zero-order chi connectivity index (χ0) is 13.5. The van der Waals surface area contributed by atoms with Gasteiger partial charge in [0.25, 0.3) is 0 Å². The minimum atomic E-state index is 0.145. The molecule has 0 radical (unpaired) electrons. The van der Waals surface area contributed by atoms with Crippen LogP contribution in [0.3, 0.4) is 0 Å². The van der Waals surface area contributed by atoms with Gasteiger partial charge in [-0.05, 0) is 22.0 Å². The van der Waals surface area contributed by atoms with E-state index in [0.29, 0.717) is 0 Å². The molecule has 0 amide bonds. The normalized spacial score (nSPS) is 20.7. The van der Waals surface area contributed by atoms with Crippen molar-refractivity contribution in [2.75, 3.05) is 0 Å². The van der Waals surface area contributed by atoms with E-state index in [1.807, 2.05) is 0 Å². The van der Waals surface area contributed by atoms with E-state index in [1.165, 1.54) is 11.1 Å². The molecule has 0 aromatic rings. The van der Waals surface area contributed by atoms with Gasteiger partial charge in [0.15, 0.2) is 0 Å². The fourth-order valence-electron chi connectivity index (χ4n) is 1.91. The molecular weight excluding hydrogens is 204 g/mol. The zero-order valence-electron chi connectivity index (χ0n) is 12.8. The average molecular weight is 232 g/mol. The predicted octanol–water partition coefficient (Wildman–Crippen LogP) is 5.53. The van der Waals surface area contributed by atoms with Gasteiger partial charge in [0.2, 0.25) is 0 Å². The number of rotatable bonds is 0. The third-order valence-corrected chi connectivity index (χ3v) is 3.26. The molecule has 0 unspecified atom stereocenters. The van der Waals surface area contributed by atoms with Crippen LogP contribution in [0.1, 0.15) is 55.4 Å². The van der Waals surface area contributed by atoms with Crippen molar-refractivity contribution in [3.05, 3.63) is 35.5 Å². The summed E-state index contributed by atoms with van der Waals surface area (Å²) >= 11 is 0. The minimum absolute atomic E-state index is 0.145. The molecule has 0 saturated heterocycles. The van der Waals surface area contributed by atoms with Crippen molar-refractivity contribution in [3.63, 3.8) is 0 Å². The molecule has 0 bridgehead atoms.